The molecule has 0 aliphatic rings. The fourth-order valence-electron chi connectivity index (χ4n) is 7.54. The quantitative estimate of drug-likeness (QED) is 0.0835. The molecule has 8 aromatic rings. The van der Waals surface area contributed by atoms with Gasteiger partial charge in [0.2, 0.25) is 0 Å². The number of fused-ring (bicyclic) bond motifs is 2. The lowest BCUT2D eigenvalue weighted by Gasteiger charge is -2.15. The van der Waals surface area contributed by atoms with E-state index in [4.69, 9.17) is 15.2 Å². The molecule has 0 bridgehead atoms. The van der Waals surface area contributed by atoms with E-state index in [0.717, 1.165) is 50.2 Å². The van der Waals surface area contributed by atoms with Crippen molar-refractivity contribution in [1.82, 2.24) is 9.97 Å². The number of aromatic nitrogens is 2. The number of ether oxygens (including phenoxy) is 2. The Balaban J connectivity index is 0.000000212. The molecule has 2 unspecified atom stereocenters. The minimum Gasteiger partial charge on any atom is -0.485 e. The Morgan fingerprint density at radius 3 is 1.34 bits per heavy atom. The van der Waals surface area contributed by atoms with Crippen LogP contribution in [0.3, 0.4) is 0 Å². The SMILES string of the molecule is C.CCC(C(=O)Cc1ccc2cnccc2c1)c1ccc(OCC(=O)c2ccccc2)cc1.NCC(C(=O)Cc1ccc2cnccc2c1)c1ccc(OCC(=O)c2ccccc2)cc1. The molecule has 0 radical (unpaired) electrons. The van der Waals surface area contributed by atoms with Gasteiger partial charge in [0.1, 0.15) is 23.1 Å². The van der Waals surface area contributed by atoms with E-state index in [1.165, 1.54) is 0 Å². The van der Waals surface area contributed by atoms with E-state index in [0.29, 0.717) is 35.5 Å². The molecule has 0 fully saturated rings. The van der Waals surface area contributed by atoms with Crippen LogP contribution in [-0.2, 0) is 22.4 Å². The van der Waals surface area contributed by atoms with Crippen LogP contribution in [0.5, 0.6) is 11.5 Å². The molecule has 0 aliphatic carbocycles. The van der Waals surface area contributed by atoms with Crippen molar-refractivity contribution in [3.8, 4) is 11.5 Å². The molecular formula is C56H53N3O6. The highest BCUT2D eigenvalue weighted by atomic mass is 16.5. The van der Waals surface area contributed by atoms with Crippen molar-refractivity contribution in [3.05, 3.63) is 216 Å². The van der Waals surface area contributed by atoms with Crippen LogP contribution >= 0.6 is 0 Å². The minimum absolute atomic E-state index is 0. The predicted molar refractivity (Wildman–Crippen MR) is 258 cm³/mol. The fraction of sp³-hybridized carbons (Fsp3) is 0.179. The van der Waals surface area contributed by atoms with Crippen LogP contribution in [0.2, 0.25) is 0 Å². The number of ketones is 4. The monoisotopic (exact) mass is 863 g/mol. The maximum Gasteiger partial charge on any atom is 0.200 e. The lowest BCUT2D eigenvalue weighted by molar-refractivity contribution is -0.120. The summed E-state index contributed by atoms with van der Waals surface area (Å²) >= 11 is 0. The Bertz CT molecular complexity index is 2630. The topological polar surface area (TPSA) is 139 Å². The summed E-state index contributed by atoms with van der Waals surface area (Å²) in [5, 5.41) is 4.25. The van der Waals surface area contributed by atoms with Crippen LogP contribution in [0.25, 0.3) is 21.5 Å². The molecular weight excluding hydrogens is 811 g/mol. The number of Topliss-reactive ketones (excluding diaryl/α,β-unsaturated/α-hetero) is 4. The van der Waals surface area contributed by atoms with Crippen molar-refractivity contribution in [1.29, 1.82) is 0 Å². The van der Waals surface area contributed by atoms with Gasteiger partial charge in [-0.3, -0.25) is 29.1 Å². The summed E-state index contributed by atoms with van der Waals surface area (Å²) in [6.45, 7) is 2.19. The first-order chi connectivity index (χ1) is 31.3. The molecule has 65 heavy (non-hydrogen) atoms. The molecule has 0 saturated heterocycles. The molecule has 0 amide bonds. The first-order valence-corrected chi connectivity index (χ1v) is 21.3. The maximum absolute atomic E-state index is 13.0. The highest BCUT2D eigenvalue weighted by Crippen LogP contribution is 2.27. The van der Waals surface area contributed by atoms with Crippen LogP contribution in [0.15, 0.2) is 183 Å². The molecule has 8 rings (SSSR count). The third-order valence-corrected chi connectivity index (χ3v) is 11.1. The number of pyridine rings is 2. The zero-order valence-electron chi connectivity index (χ0n) is 35.6. The van der Waals surface area contributed by atoms with Crippen LogP contribution in [0, 0.1) is 0 Å². The summed E-state index contributed by atoms with van der Waals surface area (Å²) in [5.41, 5.74) is 10.9. The number of carbonyl (C=O) groups is 4. The summed E-state index contributed by atoms with van der Waals surface area (Å²) in [7, 11) is 0. The average Bonchev–Trinajstić information content (AvgIpc) is 3.34. The van der Waals surface area contributed by atoms with Crippen LogP contribution < -0.4 is 15.2 Å². The third-order valence-electron chi connectivity index (χ3n) is 11.1. The smallest absolute Gasteiger partial charge is 0.200 e. The Morgan fingerprint density at radius 2 is 0.923 bits per heavy atom. The van der Waals surface area contributed by atoms with E-state index in [-0.39, 0.29) is 56.2 Å². The van der Waals surface area contributed by atoms with Gasteiger partial charge in [0.15, 0.2) is 24.8 Å². The second-order valence-electron chi connectivity index (χ2n) is 15.4. The van der Waals surface area contributed by atoms with Gasteiger partial charge in [0.25, 0.3) is 0 Å². The lowest BCUT2D eigenvalue weighted by atomic mass is 9.88. The van der Waals surface area contributed by atoms with Gasteiger partial charge in [-0.15, -0.1) is 0 Å². The zero-order chi connectivity index (χ0) is 44.7. The molecule has 2 N–H and O–H groups in total. The molecule has 9 heteroatoms. The van der Waals surface area contributed by atoms with Gasteiger partial charge >= 0.3 is 0 Å². The van der Waals surface area contributed by atoms with Crippen molar-refractivity contribution in [2.75, 3.05) is 19.8 Å². The van der Waals surface area contributed by atoms with Gasteiger partial charge in [0.05, 0.1) is 5.92 Å². The van der Waals surface area contributed by atoms with Crippen molar-refractivity contribution in [3.63, 3.8) is 0 Å². The van der Waals surface area contributed by atoms with Crippen LogP contribution in [-0.4, -0.2) is 52.9 Å². The van der Waals surface area contributed by atoms with Crippen molar-refractivity contribution >= 4 is 44.7 Å². The number of hydrogen-bond donors (Lipinski definition) is 1. The largest absolute Gasteiger partial charge is 0.485 e. The van der Waals surface area contributed by atoms with E-state index < -0.39 is 5.92 Å². The number of benzene rings is 6. The van der Waals surface area contributed by atoms with E-state index in [9.17, 15) is 19.2 Å². The van der Waals surface area contributed by atoms with E-state index in [1.54, 1.807) is 55.0 Å². The summed E-state index contributed by atoms with van der Waals surface area (Å²) in [4.78, 5) is 58.7. The molecule has 0 aliphatic heterocycles. The number of nitrogens with zero attached hydrogens (tertiary/aromatic N) is 2. The summed E-state index contributed by atoms with van der Waals surface area (Å²) in [6.07, 6.45) is 8.56. The zero-order valence-corrected chi connectivity index (χ0v) is 35.6. The Morgan fingerprint density at radius 1 is 0.508 bits per heavy atom. The number of nitrogens with two attached hydrogens (primary N) is 1. The number of carbonyl (C=O) groups excluding carboxylic acids is 4. The third kappa shape index (κ3) is 12.7. The highest BCUT2D eigenvalue weighted by molar-refractivity contribution is 5.98. The minimum atomic E-state index is -0.400. The van der Waals surface area contributed by atoms with E-state index in [1.807, 2.05) is 128 Å². The summed E-state index contributed by atoms with van der Waals surface area (Å²) in [6, 6.07) is 48.7. The van der Waals surface area contributed by atoms with Crippen LogP contribution in [0.1, 0.15) is 75.6 Å². The molecule has 2 atom stereocenters. The first-order valence-electron chi connectivity index (χ1n) is 21.3. The normalized spacial score (nSPS) is 11.6. The number of rotatable bonds is 18. The predicted octanol–water partition coefficient (Wildman–Crippen LogP) is 10.8. The molecule has 2 heterocycles. The van der Waals surface area contributed by atoms with E-state index >= 15 is 0 Å². The second-order valence-corrected chi connectivity index (χ2v) is 15.4. The van der Waals surface area contributed by atoms with Gasteiger partial charge in [-0.1, -0.05) is 136 Å². The molecule has 9 nitrogen and oxygen atoms in total. The van der Waals surface area contributed by atoms with E-state index in [2.05, 4.69) is 16.0 Å². The molecule has 0 spiro atoms. The molecule has 328 valence electrons. The van der Waals surface area contributed by atoms with Gasteiger partial charge in [-0.2, -0.15) is 0 Å². The van der Waals surface area contributed by atoms with Crippen LogP contribution in [0.4, 0.5) is 0 Å². The second kappa shape index (κ2) is 23.2. The van der Waals surface area contributed by atoms with Crippen molar-refractivity contribution in [2.24, 2.45) is 5.73 Å². The standard InChI is InChI=1S/C28H25NO3.C27H24N2O3.CH4/c1-2-26(27(30)17-20-8-9-24-18-29-15-14-23(24)16-20)21-10-12-25(13-11-21)32-19-28(31)22-6-4-3-5-7-22;28-16-25(26(30)15-19-6-7-23-17-29-13-12-22(23)14-19)20-8-10-24(11-9-20)32-18-27(31)21-4-2-1-3-5-21;/h3-16,18,26H,2,17,19H2,1H3;1-14,17,25H,15-16,18,28H2;1H4. The Labute approximate surface area is 380 Å². The lowest BCUT2D eigenvalue weighted by Crippen LogP contribution is -2.23. The van der Waals surface area contributed by atoms with Crippen molar-refractivity contribution < 1.29 is 28.7 Å². The van der Waals surface area contributed by atoms with Crippen molar-refractivity contribution in [2.45, 2.75) is 45.4 Å². The first kappa shape index (κ1) is 46.9. The Hall–Kier alpha value is -7.62. The summed E-state index contributed by atoms with van der Waals surface area (Å²) in [5.74, 6) is 0.708. The molecule has 2 aromatic heterocycles. The summed E-state index contributed by atoms with van der Waals surface area (Å²) < 4.78 is 11.3. The van der Waals surface area contributed by atoms with Gasteiger partial charge in [-0.25, -0.2) is 0 Å². The maximum atomic E-state index is 13.0. The Kier molecular flexibility index (Phi) is 16.7. The average molecular weight is 864 g/mol. The number of hydrogen-bond acceptors (Lipinski definition) is 9. The van der Waals surface area contributed by atoms with Gasteiger partial charge in [0, 0.05) is 72.0 Å². The molecule has 0 saturated carbocycles. The fourth-order valence-corrected chi connectivity index (χ4v) is 7.54. The molecule has 6 aromatic carbocycles. The highest BCUT2D eigenvalue weighted by Gasteiger charge is 2.21. The van der Waals surface area contributed by atoms with Gasteiger partial charge < -0.3 is 15.2 Å². The van der Waals surface area contributed by atoms with Gasteiger partial charge in [-0.05, 0) is 75.8 Å².